The number of carbonyl (C=O) groups is 1. The zero-order valence-corrected chi connectivity index (χ0v) is 17.0. The predicted molar refractivity (Wildman–Crippen MR) is 108 cm³/mol. The van der Waals surface area contributed by atoms with Gasteiger partial charge in [-0.05, 0) is 6.42 Å². The molecule has 0 spiro atoms. The van der Waals surface area contributed by atoms with Gasteiger partial charge in [-0.2, -0.15) is 0 Å². The number of carbonyl (C=O) groups excluding carboxylic acids is 1. The summed E-state index contributed by atoms with van der Waals surface area (Å²) in [5.41, 5.74) is -0.655. The summed E-state index contributed by atoms with van der Waals surface area (Å²) in [5, 5.41) is 9.10. The van der Waals surface area contributed by atoms with Crippen LogP contribution in [-0.4, -0.2) is 20.8 Å². The number of aromatic nitrogens is 2. The maximum atomic E-state index is 11.6. The quantitative estimate of drug-likeness (QED) is 0.367. The summed E-state index contributed by atoms with van der Waals surface area (Å²) in [5.74, 6) is -0.773. The van der Waals surface area contributed by atoms with Gasteiger partial charge in [-0.3, -0.25) is 4.98 Å². The average molecular weight is 383 g/mol. The van der Waals surface area contributed by atoms with E-state index < -0.39 is 11.7 Å². The standard InChI is InChI=1S/C21H38N2O4/c1-2-3-4-5-6-7-8-9-10-11-12-13-14-15-16-17-20(25)27-23-18-19(24)22-21(23)26/h18,24H,2-17H2,1H3,(H,22,26). The maximum Gasteiger partial charge on any atom is 0.361 e. The highest BCUT2D eigenvalue weighted by atomic mass is 16.7. The Balaban J connectivity index is 1.83. The number of hydrogen-bond donors (Lipinski definition) is 2. The Bertz CT molecular complexity index is 551. The molecule has 2 N–H and O–H groups in total. The van der Waals surface area contributed by atoms with Gasteiger partial charge in [0.1, 0.15) is 6.20 Å². The van der Waals surface area contributed by atoms with E-state index in [-0.39, 0.29) is 12.3 Å². The van der Waals surface area contributed by atoms with Crippen LogP contribution in [0.15, 0.2) is 11.0 Å². The van der Waals surface area contributed by atoms with E-state index in [0.717, 1.165) is 30.2 Å². The number of unbranched alkanes of at least 4 members (excludes halogenated alkanes) is 14. The molecule has 0 aliphatic rings. The highest BCUT2D eigenvalue weighted by Gasteiger charge is 2.08. The van der Waals surface area contributed by atoms with Gasteiger partial charge in [0.25, 0.3) is 0 Å². The summed E-state index contributed by atoms with van der Waals surface area (Å²) in [6.45, 7) is 2.26. The first-order valence-corrected chi connectivity index (χ1v) is 10.8. The molecule has 0 saturated carbocycles. The Morgan fingerprint density at radius 3 is 1.74 bits per heavy atom. The van der Waals surface area contributed by atoms with Gasteiger partial charge in [-0.25, -0.2) is 9.59 Å². The van der Waals surface area contributed by atoms with Gasteiger partial charge in [-0.1, -0.05) is 96.8 Å². The highest BCUT2D eigenvalue weighted by molar-refractivity contribution is 5.69. The molecule has 156 valence electrons. The van der Waals surface area contributed by atoms with Crippen LogP contribution in [0.4, 0.5) is 0 Å². The van der Waals surface area contributed by atoms with Crippen LogP contribution in [0, 0.1) is 0 Å². The van der Waals surface area contributed by atoms with Crippen molar-refractivity contribution < 1.29 is 14.7 Å². The van der Waals surface area contributed by atoms with Crippen LogP contribution in [0.5, 0.6) is 5.88 Å². The van der Waals surface area contributed by atoms with Gasteiger partial charge >= 0.3 is 11.7 Å². The van der Waals surface area contributed by atoms with Crippen LogP contribution in [-0.2, 0) is 4.79 Å². The summed E-state index contributed by atoms with van der Waals surface area (Å²) in [4.78, 5) is 29.9. The van der Waals surface area contributed by atoms with Crippen LogP contribution < -0.4 is 10.5 Å². The Morgan fingerprint density at radius 2 is 1.33 bits per heavy atom. The second-order valence-corrected chi connectivity index (χ2v) is 7.43. The Kier molecular flexibility index (Phi) is 13.3. The maximum absolute atomic E-state index is 11.6. The van der Waals surface area contributed by atoms with Gasteiger partial charge in [0.15, 0.2) is 0 Å². The minimum atomic E-state index is -0.655. The molecule has 0 aliphatic carbocycles. The second-order valence-electron chi connectivity index (χ2n) is 7.43. The molecular formula is C21H38N2O4. The van der Waals surface area contributed by atoms with Crippen LogP contribution in [0.1, 0.15) is 110 Å². The van der Waals surface area contributed by atoms with Crippen LogP contribution in [0.2, 0.25) is 0 Å². The van der Waals surface area contributed by atoms with Crippen LogP contribution >= 0.6 is 0 Å². The molecule has 0 bridgehead atoms. The van der Waals surface area contributed by atoms with Crippen molar-refractivity contribution >= 4 is 5.97 Å². The van der Waals surface area contributed by atoms with E-state index in [1.54, 1.807) is 0 Å². The Labute approximate surface area is 163 Å². The number of nitrogens with one attached hydrogen (secondary N) is 1. The average Bonchev–Trinajstić information content (AvgIpc) is 2.95. The predicted octanol–water partition coefficient (Wildman–Crippen LogP) is 5.10. The monoisotopic (exact) mass is 382 g/mol. The lowest BCUT2D eigenvalue weighted by Gasteiger charge is -2.04. The van der Waals surface area contributed by atoms with E-state index in [4.69, 9.17) is 9.94 Å². The number of H-pyrrole nitrogens is 1. The molecule has 1 heterocycles. The minimum absolute atomic E-state index is 0.288. The SMILES string of the molecule is CCCCCCCCCCCCCCCCCC(=O)On1cc(O)[nH]c1=O. The number of rotatable bonds is 17. The first kappa shape index (κ1) is 23.3. The molecule has 1 aromatic rings. The third-order valence-electron chi connectivity index (χ3n) is 4.86. The van der Waals surface area contributed by atoms with Crippen molar-refractivity contribution in [1.82, 2.24) is 9.71 Å². The van der Waals surface area contributed by atoms with E-state index >= 15 is 0 Å². The smallest absolute Gasteiger partial charge is 0.361 e. The Hall–Kier alpha value is -1.72. The first-order chi connectivity index (χ1) is 13.1. The van der Waals surface area contributed by atoms with E-state index in [0.29, 0.717) is 0 Å². The molecule has 0 atom stereocenters. The van der Waals surface area contributed by atoms with Crippen molar-refractivity contribution in [3.63, 3.8) is 0 Å². The fourth-order valence-corrected chi connectivity index (χ4v) is 3.23. The molecule has 0 aliphatic heterocycles. The van der Waals surface area contributed by atoms with Gasteiger partial charge < -0.3 is 9.94 Å². The topological polar surface area (TPSA) is 84.3 Å². The molecule has 0 saturated heterocycles. The Morgan fingerprint density at radius 1 is 0.889 bits per heavy atom. The fourth-order valence-electron chi connectivity index (χ4n) is 3.23. The van der Waals surface area contributed by atoms with Crippen LogP contribution in [0.25, 0.3) is 0 Å². The second kappa shape index (κ2) is 15.3. The van der Waals surface area contributed by atoms with Crippen molar-refractivity contribution in [2.24, 2.45) is 0 Å². The molecule has 27 heavy (non-hydrogen) atoms. The zero-order chi connectivity index (χ0) is 19.7. The normalized spacial score (nSPS) is 11.0. The lowest BCUT2D eigenvalue weighted by Crippen LogP contribution is -2.28. The minimum Gasteiger partial charge on any atom is -0.493 e. The van der Waals surface area contributed by atoms with E-state index in [1.807, 2.05) is 0 Å². The van der Waals surface area contributed by atoms with Crippen molar-refractivity contribution in [2.75, 3.05) is 0 Å². The third-order valence-corrected chi connectivity index (χ3v) is 4.86. The first-order valence-electron chi connectivity index (χ1n) is 10.8. The van der Waals surface area contributed by atoms with Crippen molar-refractivity contribution in [1.29, 1.82) is 0 Å². The number of aromatic amines is 1. The van der Waals surface area contributed by atoms with Gasteiger partial charge in [-0.15, -0.1) is 4.73 Å². The summed E-state index contributed by atoms with van der Waals surface area (Å²) in [6.07, 6.45) is 20.5. The molecular weight excluding hydrogens is 344 g/mol. The van der Waals surface area contributed by atoms with Gasteiger partial charge in [0.05, 0.1) is 0 Å². The molecule has 1 aromatic heterocycles. The fraction of sp³-hybridized carbons (Fsp3) is 0.810. The number of nitrogens with zero attached hydrogens (tertiary/aromatic N) is 1. The largest absolute Gasteiger partial charge is 0.493 e. The third kappa shape index (κ3) is 12.3. The van der Waals surface area contributed by atoms with Crippen molar-refractivity contribution in [2.45, 2.75) is 110 Å². The van der Waals surface area contributed by atoms with Gasteiger partial charge in [0.2, 0.25) is 5.88 Å². The van der Waals surface area contributed by atoms with E-state index in [2.05, 4.69) is 11.9 Å². The summed E-state index contributed by atoms with van der Waals surface area (Å²) in [7, 11) is 0. The molecule has 1 rings (SSSR count). The summed E-state index contributed by atoms with van der Waals surface area (Å²) in [6, 6.07) is 0. The molecule has 0 amide bonds. The molecule has 0 fully saturated rings. The highest BCUT2D eigenvalue weighted by Crippen LogP contribution is 2.13. The van der Waals surface area contributed by atoms with E-state index in [9.17, 15) is 9.59 Å². The molecule has 0 aromatic carbocycles. The van der Waals surface area contributed by atoms with Crippen molar-refractivity contribution in [3.05, 3.63) is 16.7 Å². The van der Waals surface area contributed by atoms with Crippen LogP contribution in [0.3, 0.4) is 0 Å². The number of hydrogen-bond acceptors (Lipinski definition) is 4. The summed E-state index contributed by atoms with van der Waals surface area (Å²) >= 11 is 0. The molecule has 0 radical (unpaired) electrons. The molecule has 0 unspecified atom stereocenters. The molecule has 6 heteroatoms. The van der Waals surface area contributed by atoms with Gasteiger partial charge in [0, 0.05) is 6.42 Å². The van der Waals surface area contributed by atoms with E-state index in [1.165, 1.54) is 77.0 Å². The zero-order valence-electron chi connectivity index (χ0n) is 17.0. The molecule has 6 nitrogen and oxygen atoms in total. The summed E-state index contributed by atoms with van der Waals surface area (Å²) < 4.78 is 0.725. The lowest BCUT2D eigenvalue weighted by atomic mass is 10.0. The van der Waals surface area contributed by atoms with Crippen molar-refractivity contribution in [3.8, 4) is 5.88 Å². The lowest BCUT2D eigenvalue weighted by molar-refractivity contribution is -0.144. The number of aromatic hydroxyl groups is 1. The number of imidazole rings is 1.